The lowest BCUT2D eigenvalue weighted by Gasteiger charge is -2.32. The molecule has 11 heteroatoms. The van der Waals surface area contributed by atoms with Gasteiger partial charge in [-0.05, 0) is 37.1 Å². The molecule has 0 aliphatic carbocycles. The first kappa shape index (κ1) is 20.9. The first-order valence-electron chi connectivity index (χ1n) is 9.55. The van der Waals surface area contributed by atoms with Gasteiger partial charge in [0.2, 0.25) is 11.6 Å². The highest BCUT2D eigenvalue weighted by Gasteiger charge is 2.30. The zero-order valence-electron chi connectivity index (χ0n) is 16.2. The van der Waals surface area contributed by atoms with Crippen LogP contribution in [0, 0.1) is 21.7 Å². The Morgan fingerprint density at radius 3 is 2.65 bits per heavy atom. The van der Waals surface area contributed by atoms with Gasteiger partial charge in [-0.3, -0.25) is 10.1 Å². The fourth-order valence-electron chi connectivity index (χ4n) is 3.35. The van der Waals surface area contributed by atoms with E-state index in [-0.39, 0.29) is 23.0 Å². The van der Waals surface area contributed by atoms with E-state index in [1.165, 1.54) is 6.33 Å². The molecule has 0 amide bonds. The molecule has 0 bridgehead atoms. The van der Waals surface area contributed by atoms with Gasteiger partial charge in [0.1, 0.15) is 18.0 Å². The average Bonchev–Trinajstić information content (AvgIpc) is 2.77. The van der Waals surface area contributed by atoms with Crippen molar-refractivity contribution < 1.29 is 13.7 Å². The van der Waals surface area contributed by atoms with Crippen molar-refractivity contribution in [1.29, 1.82) is 0 Å². The number of anilines is 3. The van der Waals surface area contributed by atoms with Crippen molar-refractivity contribution in [2.75, 3.05) is 23.3 Å². The molecule has 1 aliphatic rings. The van der Waals surface area contributed by atoms with Crippen molar-refractivity contribution in [3.8, 4) is 0 Å². The van der Waals surface area contributed by atoms with Crippen LogP contribution in [0.4, 0.5) is 31.8 Å². The maximum absolute atomic E-state index is 14.0. The molecule has 3 heterocycles. The number of hydrogen-bond donors (Lipinski definition) is 1. The second-order valence-corrected chi connectivity index (χ2v) is 8.19. The van der Waals surface area contributed by atoms with Crippen molar-refractivity contribution in [2.45, 2.75) is 23.1 Å². The summed E-state index contributed by atoms with van der Waals surface area (Å²) >= 11 is 1.69. The summed E-state index contributed by atoms with van der Waals surface area (Å²) in [6, 6.07) is 8.58. The van der Waals surface area contributed by atoms with Crippen LogP contribution in [0.25, 0.3) is 0 Å². The van der Waals surface area contributed by atoms with Crippen molar-refractivity contribution in [2.24, 2.45) is 0 Å². The van der Waals surface area contributed by atoms with Crippen LogP contribution in [0.15, 0.2) is 53.9 Å². The number of nitrogens with one attached hydrogen (secondary N) is 1. The molecule has 160 valence electrons. The molecule has 31 heavy (non-hydrogen) atoms. The fourth-order valence-corrected chi connectivity index (χ4v) is 4.42. The smallest absolute Gasteiger partial charge is 0.351 e. The molecule has 2 aromatic heterocycles. The number of rotatable bonds is 6. The maximum atomic E-state index is 14.0. The highest BCUT2D eigenvalue weighted by molar-refractivity contribution is 7.99. The fraction of sp³-hybridized carbons (Fsp3) is 0.250. The molecule has 3 aromatic rings. The SMILES string of the molecule is O=[N+]([O-])c1c(Nc2cc(F)ccc2F)ncnc1N1CCC(Sc2ccccn2)CC1. The number of piperidine rings is 1. The minimum atomic E-state index is -0.747. The van der Waals surface area contributed by atoms with Gasteiger partial charge in [-0.15, -0.1) is 11.8 Å². The van der Waals surface area contributed by atoms with E-state index in [2.05, 4.69) is 20.3 Å². The molecular weight excluding hydrogens is 426 g/mol. The number of hydrogen-bond acceptors (Lipinski definition) is 8. The summed E-state index contributed by atoms with van der Waals surface area (Å²) in [4.78, 5) is 25.4. The Morgan fingerprint density at radius 1 is 1.13 bits per heavy atom. The van der Waals surface area contributed by atoms with Crippen LogP contribution in [-0.2, 0) is 0 Å². The largest absolute Gasteiger partial charge is 0.353 e. The summed E-state index contributed by atoms with van der Waals surface area (Å²) in [5.74, 6) is -1.46. The van der Waals surface area contributed by atoms with Crippen molar-refractivity contribution in [3.63, 3.8) is 0 Å². The molecule has 0 radical (unpaired) electrons. The molecular formula is C20H18F2N6O2S. The second kappa shape index (κ2) is 9.21. The molecule has 1 fully saturated rings. The number of halogens is 2. The van der Waals surface area contributed by atoms with E-state index in [1.807, 2.05) is 23.1 Å². The Morgan fingerprint density at radius 2 is 1.94 bits per heavy atom. The molecule has 0 spiro atoms. The topological polar surface area (TPSA) is 97.1 Å². The highest BCUT2D eigenvalue weighted by atomic mass is 32.2. The third-order valence-corrected chi connectivity index (χ3v) is 6.12. The lowest BCUT2D eigenvalue weighted by Crippen LogP contribution is -2.36. The summed E-state index contributed by atoms with van der Waals surface area (Å²) in [7, 11) is 0. The van der Waals surface area contributed by atoms with Crippen molar-refractivity contribution in [1.82, 2.24) is 15.0 Å². The standard InChI is InChI=1S/C20H18F2N6O2S/c21-13-4-5-15(22)16(11-13)26-19-18(28(29)30)20(25-12-24-19)27-9-6-14(7-10-27)31-17-3-1-2-8-23-17/h1-5,8,11-12,14H,6-7,9-10H2,(H,24,25,26). The summed E-state index contributed by atoms with van der Waals surface area (Å²) in [5, 5.41) is 15.6. The summed E-state index contributed by atoms with van der Waals surface area (Å²) in [6.07, 6.45) is 4.52. The maximum Gasteiger partial charge on any atom is 0.353 e. The molecule has 1 aliphatic heterocycles. The number of benzene rings is 1. The van der Waals surface area contributed by atoms with E-state index >= 15 is 0 Å². The van der Waals surface area contributed by atoms with Gasteiger partial charge >= 0.3 is 5.69 Å². The van der Waals surface area contributed by atoms with E-state index in [9.17, 15) is 18.9 Å². The number of pyridine rings is 1. The molecule has 8 nitrogen and oxygen atoms in total. The monoisotopic (exact) mass is 444 g/mol. The number of thioether (sulfide) groups is 1. The Bertz CT molecular complexity index is 1080. The van der Waals surface area contributed by atoms with E-state index in [0.29, 0.717) is 18.3 Å². The minimum Gasteiger partial charge on any atom is -0.351 e. The predicted octanol–water partition coefficient (Wildman–Crippen LogP) is 4.56. The molecule has 1 aromatic carbocycles. The third kappa shape index (κ3) is 4.88. The van der Waals surface area contributed by atoms with Crippen LogP contribution >= 0.6 is 11.8 Å². The molecule has 1 N–H and O–H groups in total. The van der Waals surface area contributed by atoms with Crippen LogP contribution in [0.1, 0.15) is 12.8 Å². The third-order valence-electron chi connectivity index (χ3n) is 4.83. The molecule has 1 saturated heterocycles. The molecule has 4 rings (SSSR count). The van der Waals surface area contributed by atoms with Gasteiger partial charge in [-0.2, -0.15) is 0 Å². The van der Waals surface area contributed by atoms with Gasteiger partial charge in [0.05, 0.1) is 15.6 Å². The van der Waals surface area contributed by atoms with Gasteiger partial charge in [0.25, 0.3) is 0 Å². The average molecular weight is 444 g/mol. The minimum absolute atomic E-state index is 0.153. The Hall–Kier alpha value is -3.34. The summed E-state index contributed by atoms with van der Waals surface area (Å²) in [6.45, 7) is 1.13. The van der Waals surface area contributed by atoms with E-state index in [0.717, 1.165) is 36.1 Å². The summed E-state index contributed by atoms with van der Waals surface area (Å²) in [5.41, 5.74) is -0.611. The normalized spacial score (nSPS) is 14.5. The summed E-state index contributed by atoms with van der Waals surface area (Å²) < 4.78 is 27.5. The molecule has 0 unspecified atom stereocenters. The van der Waals surface area contributed by atoms with Gasteiger partial charge in [0.15, 0.2) is 0 Å². The van der Waals surface area contributed by atoms with Gasteiger partial charge in [-0.1, -0.05) is 6.07 Å². The van der Waals surface area contributed by atoms with Gasteiger partial charge < -0.3 is 10.2 Å². The lowest BCUT2D eigenvalue weighted by molar-refractivity contribution is -0.383. The number of aromatic nitrogens is 3. The first-order chi connectivity index (χ1) is 15.0. The highest BCUT2D eigenvalue weighted by Crippen LogP contribution is 2.37. The number of nitrogens with zero attached hydrogens (tertiary/aromatic N) is 5. The van der Waals surface area contributed by atoms with Crippen LogP contribution in [0.3, 0.4) is 0 Å². The quantitative estimate of drug-likeness (QED) is 0.436. The van der Waals surface area contributed by atoms with Crippen LogP contribution in [0.2, 0.25) is 0 Å². The van der Waals surface area contributed by atoms with Crippen LogP contribution in [0.5, 0.6) is 0 Å². The van der Waals surface area contributed by atoms with E-state index in [1.54, 1.807) is 18.0 Å². The predicted molar refractivity (Wildman–Crippen MR) is 114 cm³/mol. The van der Waals surface area contributed by atoms with E-state index < -0.39 is 16.6 Å². The van der Waals surface area contributed by atoms with Crippen molar-refractivity contribution >= 4 is 34.8 Å². The zero-order valence-corrected chi connectivity index (χ0v) is 17.1. The van der Waals surface area contributed by atoms with Gasteiger partial charge in [0, 0.05) is 30.6 Å². The van der Waals surface area contributed by atoms with Gasteiger partial charge in [-0.25, -0.2) is 23.7 Å². The molecule has 0 saturated carbocycles. The van der Waals surface area contributed by atoms with E-state index in [4.69, 9.17) is 0 Å². The zero-order chi connectivity index (χ0) is 21.8. The number of nitro groups is 1. The lowest BCUT2D eigenvalue weighted by atomic mass is 10.1. The first-order valence-corrected chi connectivity index (χ1v) is 10.4. The Kier molecular flexibility index (Phi) is 6.21. The second-order valence-electron chi connectivity index (χ2n) is 6.87. The van der Waals surface area contributed by atoms with Crippen LogP contribution < -0.4 is 10.2 Å². The Balaban J connectivity index is 1.53. The molecule has 0 atom stereocenters. The van der Waals surface area contributed by atoms with Crippen LogP contribution in [-0.4, -0.2) is 38.2 Å². The van der Waals surface area contributed by atoms with Crippen molar-refractivity contribution in [3.05, 3.63) is 70.7 Å². The Labute approximate surface area is 180 Å².